The van der Waals surface area contributed by atoms with Crippen LogP contribution in [0.5, 0.6) is 0 Å². The number of carbonyl (C=O) groups is 1. The first-order valence-electron chi connectivity index (χ1n) is 7.28. The molecule has 2 fully saturated rings. The lowest BCUT2D eigenvalue weighted by molar-refractivity contribution is 0.0695. The van der Waals surface area contributed by atoms with Crippen LogP contribution in [-0.2, 0) is 9.84 Å². The van der Waals surface area contributed by atoms with E-state index < -0.39 is 15.8 Å². The highest BCUT2D eigenvalue weighted by atomic mass is 32.2. The van der Waals surface area contributed by atoms with Gasteiger partial charge in [0.1, 0.15) is 0 Å². The lowest BCUT2D eigenvalue weighted by atomic mass is 9.93. The molecular weight excluding hydrogens is 290 g/mol. The van der Waals surface area contributed by atoms with Crippen LogP contribution in [0.15, 0.2) is 23.1 Å². The van der Waals surface area contributed by atoms with Crippen LogP contribution in [-0.4, -0.2) is 38.3 Å². The Balaban J connectivity index is 1.96. The van der Waals surface area contributed by atoms with E-state index in [0.717, 1.165) is 37.9 Å². The van der Waals surface area contributed by atoms with Crippen LogP contribution in [0.2, 0.25) is 0 Å². The molecule has 0 radical (unpaired) electrons. The molecule has 2 N–H and O–H groups in total. The number of nitrogens with one attached hydrogen (secondary N) is 1. The molecule has 1 aromatic carbocycles. The van der Waals surface area contributed by atoms with Gasteiger partial charge in [0, 0.05) is 6.54 Å². The maximum absolute atomic E-state index is 12.3. The van der Waals surface area contributed by atoms with Crippen LogP contribution < -0.4 is 5.32 Å². The summed E-state index contributed by atoms with van der Waals surface area (Å²) in [5, 5.41) is 12.6. The highest BCUT2D eigenvalue weighted by molar-refractivity contribution is 7.91. The summed E-state index contributed by atoms with van der Waals surface area (Å²) in [4.78, 5) is 11.6. The highest BCUT2D eigenvalue weighted by Gasteiger charge is 2.30. The number of aromatic carboxylic acids is 1. The second-order valence-electron chi connectivity index (χ2n) is 5.97. The molecule has 3 rings (SSSR count). The Bertz CT molecular complexity index is 658. The van der Waals surface area contributed by atoms with Gasteiger partial charge in [0.2, 0.25) is 0 Å². The monoisotopic (exact) mass is 309 g/mol. The van der Waals surface area contributed by atoms with Gasteiger partial charge in [-0.25, -0.2) is 13.2 Å². The van der Waals surface area contributed by atoms with Crippen molar-refractivity contribution in [3.63, 3.8) is 0 Å². The largest absolute Gasteiger partial charge is 0.478 e. The van der Waals surface area contributed by atoms with Gasteiger partial charge in [0.25, 0.3) is 0 Å². The zero-order valence-electron chi connectivity index (χ0n) is 11.7. The number of sulfone groups is 1. The molecule has 21 heavy (non-hydrogen) atoms. The first-order valence-corrected chi connectivity index (χ1v) is 8.93. The van der Waals surface area contributed by atoms with Crippen LogP contribution in [0.4, 0.5) is 0 Å². The Morgan fingerprint density at radius 1 is 1.29 bits per heavy atom. The van der Waals surface area contributed by atoms with E-state index in [-0.39, 0.29) is 28.0 Å². The quantitative estimate of drug-likeness (QED) is 0.864. The first-order chi connectivity index (χ1) is 9.97. The standard InChI is InChI=1S/C15H19NO4S/c17-15(18)14-7-12(21(19,20)9-10-1-2-10)3-4-13(14)11-5-6-16-8-11/h3-4,7,10-11,16H,1-2,5-6,8-9H2,(H,17,18). The van der Waals surface area contributed by atoms with Gasteiger partial charge in [-0.05, 0) is 55.3 Å². The van der Waals surface area contributed by atoms with E-state index in [1.165, 1.54) is 6.07 Å². The summed E-state index contributed by atoms with van der Waals surface area (Å²) in [6.07, 6.45) is 2.79. The molecule has 1 atom stereocenters. The van der Waals surface area contributed by atoms with Crippen LogP contribution in [0.3, 0.4) is 0 Å². The van der Waals surface area contributed by atoms with Crippen molar-refractivity contribution in [2.24, 2.45) is 5.92 Å². The average molecular weight is 309 g/mol. The van der Waals surface area contributed by atoms with Crippen LogP contribution in [0, 0.1) is 5.92 Å². The van der Waals surface area contributed by atoms with Crippen LogP contribution in [0.1, 0.15) is 41.1 Å². The maximum atomic E-state index is 12.3. The highest BCUT2D eigenvalue weighted by Crippen LogP contribution is 2.33. The van der Waals surface area contributed by atoms with E-state index in [9.17, 15) is 18.3 Å². The lowest BCUT2D eigenvalue weighted by Gasteiger charge is -2.14. The topological polar surface area (TPSA) is 83.5 Å². The smallest absolute Gasteiger partial charge is 0.336 e. The van der Waals surface area contributed by atoms with Gasteiger partial charge >= 0.3 is 5.97 Å². The number of hydrogen-bond acceptors (Lipinski definition) is 4. The van der Waals surface area contributed by atoms with E-state index in [1.54, 1.807) is 12.1 Å². The van der Waals surface area contributed by atoms with Gasteiger partial charge in [0.15, 0.2) is 9.84 Å². The molecule has 1 heterocycles. The van der Waals surface area contributed by atoms with E-state index in [4.69, 9.17) is 0 Å². The molecular formula is C15H19NO4S. The summed E-state index contributed by atoms with van der Waals surface area (Å²) in [5.74, 6) is -0.519. The van der Waals surface area contributed by atoms with Gasteiger partial charge in [-0.15, -0.1) is 0 Å². The summed E-state index contributed by atoms with van der Waals surface area (Å²) in [7, 11) is -3.37. The minimum absolute atomic E-state index is 0.126. The molecule has 0 bridgehead atoms. The summed E-state index contributed by atoms with van der Waals surface area (Å²) < 4.78 is 24.6. The summed E-state index contributed by atoms with van der Waals surface area (Å²) in [6.45, 7) is 1.61. The number of benzene rings is 1. The molecule has 1 saturated heterocycles. The van der Waals surface area contributed by atoms with Crippen molar-refractivity contribution in [1.82, 2.24) is 5.32 Å². The number of carboxylic acid groups (broad SMARTS) is 1. The number of carboxylic acids is 1. The third-order valence-corrected chi connectivity index (χ3v) is 6.15. The maximum Gasteiger partial charge on any atom is 0.336 e. The fourth-order valence-electron chi connectivity index (χ4n) is 2.88. The molecule has 6 heteroatoms. The van der Waals surface area contributed by atoms with Gasteiger partial charge in [-0.1, -0.05) is 6.07 Å². The molecule has 0 amide bonds. The van der Waals surface area contributed by atoms with Crippen molar-refractivity contribution in [2.45, 2.75) is 30.1 Å². The van der Waals surface area contributed by atoms with Gasteiger partial charge in [0.05, 0.1) is 16.2 Å². The predicted molar refractivity (Wildman–Crippen MR) is 78.4 cm³/mol. The average Bonchev–Trinajstić information content (AvgIpc) is 3.07. The van der Waals surface area contributed by atoms with Crippen LogP contribution in [0.25, 0.3) is 0 Å². The molecule has 5 nitrogen and oxygen atoms in total. The molecule has 1 aliphatic carbocycles. The third kappa shape index (κ3) is 3.11. The number of hydrogen-bond donors (Lipinski definition) is 2. The molecule has 1 aliphatic heterocycles. The van der Waals surface area contributed by atoms with Gasteiger partial charge < -0.3 is 10.4 Å². The number of rotatable bonds is 5. The molecule has 1 aromatic rings. The molecule has 1 saturated carbocycles. The summed E-state index contributed by atoms with van der Waals surface area (Å²) in [6, 6.07) is 4.59. The van der Waals surface area contributed by atoms with Gasteiger partial charge in [-0.3, -0.25) is 0 Å². The Hall–Kier alpha value is -1.40. The molecule has 114 valence electrons. The lowest BCUT2D eigenvalue weighted by Crippen LogP contribution is -2.14. The van der Waals surface area contributed by atoms with E-state index in [2.05, 4.69) is 5.32 Å². The Labute approximate surface area is 124 Å². The first kappa shape index (κ1) is 14.5. The Morgan fingerprint density at radius 2 is 2.05 bits per heavy atom. The predicted octanol–water partition coefficient (Wildman–Crippen LogP) is 1.65. The van der Waals surface area contributed by atoms with Crippen LogP contribution >= 0.6 is 0 Å². The summed E-state index contributed by atoms with van der Waals surface area (Å²) >= 11 is 0. The molecule has 0 aromatic heterocycles. The fourth-order valence-corrected chi connectivity index (χ4v) is 4.60. The van der Waals surface area contributed by atoms with E-state index >= 15 is 0 Å². The normalized spacial score (nSPS) is 22.4. The Kier molecular flexibility index (Phi) is 3.75. The van der Waals surface area contributed by atoms with E-state index in [0.29, 0.717) is 0 Å². The summed E-state index contributed by atoms with van der Waals surface area (Å²) in [5.41, 5.74) is 0.860. The van der Waals surface area contributed by atoms with Gasteiger partial charge in [-0.2, -0.15) is 0 Å². The second kappa shape index (κ2) is 5.42. The van der Waals surface area contributed by atoms with Crippen molar-refractivity contribution >= 4 is 15.8 Å². The fraction of sp³-hybridized carbons (Fsp3) is 0.533. The molecule has 1 unspecified atom stereocenters. The zero-order chi connectivity index (χ0) is 15.0. The van der Waals surface area contributed by atoms with E-state index in [1.807, 2.05) is 0 Å². The Morgan fingerprint density at radius 3 is 2.62 bits per heavy atom. The minimum Gasteiger partial charge on any atom is -0.478 e. The van der Waals surface area contributed by atoms with Crippen molar-refractivity contribution in [1.29, 1.82) is 0 Å². The van der Waals surface area contributed by atoms with Crippen molar-refractivity contribution < 1.29 is 18.3 Å². The second-order valence-corrected chi connectivity index (χ2v) is 8.00. The molecule has 2 aliphatic rings. The zero-order valence-corrected chi connectivity index (χ0v) is 12.5. The van der Waals surface area contributed by atoms with Crippen molar-refractivity contribution in [3.05, 3.63) is 29.3 Å². The van der Waals surface area contributed by atoms with Crippen molar-refractivity contribution in [3.8, 4) is 0 Å². The SMILES string of the molecule is O=C(O)c1cc(S(=O)(=O)CC2CC2)ccc1C1CCNC1. The molecule has 0 spiro atoms. The van der Waals surface area contributed by atoms with Crippen molar-refractivity contribution in [2.75, 3.05) is 18.8 Å². The third-order valence-electron chi connectivity index (χ3n) is 4.27. The minimum atomic E-state index is -3.37.